The first-order valence-corrected chi connectivity index (χ1v) is 5.55. The molecule has 0 unspecified atom stereocenters. The summed E-state index contributed by atoms with van der Waals surface area (Å²) in [5, 5.41) is 11.0. The number of carbonyl (C=O) groups is 2. The van der Waals surface area contributed by atoms with E-state index >= 15 is 0 Å². The molecule has 0 radical (unpaired) electrons. The van der Waals surface area contributed by atoms with Crippen LogP contribution in [0.3, 0.4) is 0 Å². The quantitative estimate of drug-likeness (QED) is 0.677. The van der Waals surface area contributed by atoms with Crippen molar-refractivity contribution in [3.05, 3.63) is 30.1 Å². The lowest BCUT2D eigenvalue weighted by Gasteiger charge is -2.03. The van der Waals surface area contributed by atoms with Crippen molar-refractivity contribution in [1.29, 1.82) is 0 Å². The summed E-state index contributed by atoms with van der Waals surface area (Å²) in [6, 6.07) is 5.80. The lowest BCUT2D eigenvalue weighted by molar-refractivity contribution is -0.140. The molecule has 94 valence electrons. The van der Waals surface area contributed by atoms with Gasteiger partial charge in [0.2, 0.25) is 5.91 Å². The van der Waals surface area contributed by atoms with Gasteiger partial charge in [0.15, 0.2) is 0 Å². The maximum absolute atomic E-state index is 11.1. The topological polar surface area (TPSA) is 95.1 Å². The molecule has 1 heterocycles. The Balaban J connectivity index is 1.86. The van der Waals surface area contributed by atoms with Crippen molar-refractivity contribution < 1.29 is 14.7 Å². The van der Waals surface area contributed by atoms with Gasteiger partial charge in [0, 0.05) is 6.54 Å². The third kappa shape index (κ3) is 3.07. The summed E-state index contributed by atoms with van der Waals surface area (Å²) in [6.07, 6.45) is 1.79. The number of aromatic nitrogens is 2. The zero-order chi connectivity index (χ0) is 13.0. The molecule has 2 rings (SSSR count). The van der Waals surface area contributed by atoms with Gasteiger partial charge in [-0.2, -0.15) is 0 Å². The number of imidazole rings is 1. The summed E-state index contributed by atoms with van der Waals surface area (Å²) < 4.78 is 0. The number of H-pyrrole nitrogens is 1. The van der Waals surface area contributed by atoms with Crippen LogP contribution in [0.5, 0.6) is 0 Å². The molecule has 1 aromatic carbocycles. The Hall–Kier alpha value is -2.37. The second kappa shape index (κ2) is 5.31. The van der Waals surface area contributed by atoms with Crippen LogP contribution in [0.25, 0.3) is 11.0 Å². The van der Waals surface area contributed by atoms with Crippen LogP contribution in [0.15, 0.2) is 24.5 Å². The van der Waals surface area contributed by atoms with Crippen molar-refractivity contribution in [3.8, 4) is 0 Å². The Bertz CT molecular complexity index is 577. The molecular weight excluding hydrogens is 234 g/mol. The molecule has 0 saturated heterocycles. The average molecular weight is 247 g/mol. The molecule has 1 amide bonds. The van der Waals surface area contributed by atoms with Gasteiger partial charge >= 0.3 is 5.97 Å². The van der Waals surface area contributed by atoms with Crippen LogP contribution in [-0.4, -0.2) is 33.5 Å². The normalized spacial score (nSPS) is 10.4. The molecule has 2 aromatic rings. The number of carboxylic acid groups (broad SMARTS) is 1. The largest absolute Gasteiger partial charge is 0.481 e. The molecule has 0 bridgehead atoms. The first-order chi connectivity index (χ1) is 8.65. The van der Waals surface area contributed by atoms with E-state index in [0.29, 0.717) is 13.0 Å². The number of nitrogens with zero attached hydrogens (tertiary/aromatic N) is 1. The number of hydrogen-bond donors (Lipinski definition) is 3. The Morgan fingerprint density at radius 2 is 2.22 bits per heavy atom. The zero-order valence-corrected chi connectivity index (χ0v) is 9.64. The Kier molecular flexibility index (Phi) is 3.57. The molecule has 1 aromatic heterocycles. The molecule has 18 heavy (non-hydrogen) atoms. The zero-order valence-electron chi connectivity index (χ0n) is 9.64. The Morgan fingerprint density at radius 3 is 3.00 bits per heavy atom. The van der Waals surface area contributed by atoms with Gasteiger partial charge in [-0.3, -0.25) is 9.59 Å². The monoisotopic (exact) mass is 247 g/mol. The number of fused-ring (bicyclic) bond motifs is 1. The fourth-order valence-electron chi connectivity index (χ4n) is 1.68. The van der Waals surface area contributed by atoms with Crippen LogP contribution in [0.4, 0.5) is 0 Å². The number of nitrogens with one attached hydrogen (secondary N) is 2. The highest BCUT2D eigenvalue weighted by Gasteiger charge is 2.06. The molecule has 0 aliphatic heterocycles. The molecule has 6 heteroatoms. The van der Waals surface area contributed by atoms with Gasteiger partial charge in [-0.25, -0.2) is 4.98 Å². The summed E-state index contributed by atoms with van der Waals surface area (Å²) in [6.45, 7) is 0.422. The van der Waals surface area contributed by atoms with Crippen molar-refractivity contribution >= 4 is 22.9 Å². The van der Waals surface area contributed by atoms with Gasteiger partial charge in [0.25, 0.3) is 0 Å². The Morgan fingerprint density at radius 1 is 1.39 bits per heavy atom. The molecule has 6 nitrogen and oxygen atoms in total. The number of benzene rings is 1. The molecule has 0 atom stereocenters. The molecular formula is C12H13N3O3. The number of hydrogen-bond acceptors (Lipinski definition) is 3. The minimum absolute atomic E-state index is 0.422. The van der Waals surface area contributed by atoms with E-state index < -0.39 is 18.3 Å². The molecule has 0 saturated carbocycles. The highest BCUT2D eigenvalue weighted by atomic mass is 16.4. The van der Waals surface area contributed by atoms with Crippen molar-refractivity contribution in [1.82, 2.24) is 15.3 Å². The molecule has 0 fully saturated rings. The van der Waals surface area contributed by atoms with E-state index in [9.17, 15) is 9.59 Å². The van der Waals surface area contributed by atoms with Gasteiger partial charge < -0.3 is 15.4 Å². The van der Waals surface area contributed by atoms with E-state index in [1.54, 1.807) is 6.33 Å². The van der Waals surface area contributed by atoms with Gasteiger partial charge in [0.1, 0.15) is 6.42 Å². The Labute approximate surface area is 103 Å². The van der Waals surface area contributed by atoms with E-state index in [1.807, 2.05) is 18.2 Å². The van der Waals surface area contributed by atoms with Crippen molar-refractivity contribution in [2.24, 2.45) is 0 Å². The predicted octanol–water partition coefficient (Wildman–Crippen LogP) is 0.696. The average Bonchev–Trinajstić information content (AvgIpc) is 2.75. The van der Waals surface area contributed by atoms with E-state index in [1.165, 1.54) is 0 Å². The van der Waals surface area contributed by atoms with Crippen LogP contribution in [0.2, 0.25) is 0 Å². The minimum atomic E-state index is -1.12. The summed E-state index contributed by atoms with van der Waals surface area (Å²) in [4.78, 5) is 28.5. The summed E-state index contributed by atoms with van der Waals surface area (Å²) in [5.74, 6) is -1.59. The van der Waals surface area contributed by atoms with Gasteiger partial charge in [-0.05, 0) is 24.1 Å². The predicted molar refractivity (Wildman–Crippen MR) is 65.1 cm³/mol. The van der Waals surface area contributed by atoms with Crippen LogP contribution >= 0.6 is 0 Å². The van der Waals surface area contributed by atoms with E-state index in [0.717, 1.165) is 16.6 Å². The van der Waals surface area contributed by atoms with Gasteiger partial charge in [0.05, 0.1) is 17.4 Å². The van der Waals surface area contributed by atoms with E-state index in [2.05, 4.69) is 15.3 Å². The van der Waals surface area contributed by atoms with E-state index in [4.69, 9.17) is 5.11 Å². The summed E-state index contributed by atoms with van der Waals surface area (Å²) >= 11 is 0. The third-order valence-electron chi connectivity index (χ3n) is 2.53. The maximum Gasteiger partial charge on any atom is 0.312 e. The summed E-state index contributed by atoms with van der Waals surface area (Å²) in [7, 11) is 0. The van der Waals surface area contributed by atoms with Crippen LogP contribution in [0, 0.1) is 0 Å². The van der Waals surface area contributed by atoms with Crippen molar-refractivity contribution in [3.63, 3.8) is 0 Å². The number of carboxylic acids is 1. The van der Waals surface area contributed by atoms with Crippen LogP contribution in [-0.2, 0) is 16.0 Å². The van der Waals surface area contributed by atoms with Crippen LogP contribution < -0.4 is 5.32 Å². The maximum atomic E-state index is 11.1. The number of amides is 1. The first-order valence-electron chi connectivity index (χ1n) is 5.55. The lowest BCUT2D eigenvalue weighted by atomic mass is 10.1. The number of rotatable bonds is 5. The molecule has 0 spiro atoms. The first kappa shape index (κ1) is 12.1. The highest BCUT2D eigenvalue weighted by molar-refractivity contribution is 5.93. The minimum Gasteiger partial charge on any atom is -0.481 e. The fourth-order valence-corrected chi connectivity index (χ4v) is 1.68. The second-order valence-corrected chi connectivity index (χ2v) is 3.92. The smallest absolute Gasteiger partial charge is 0.312 e. The molecule has 0 aliphatic rings. The molecule has 3 N–H and O–H groups in total. The summed E-state index contributed by atoms with van der Waals surface area (Å²) in [5.41, 5.74) is 2.90. The second-order valence-electron chi connectivity index (χ2n) is 3.92. The van der Waals surface area contributed by atoms with Crippen molar-refractivity contribution in [2.45, 2.75) is 12.8 Å². The standard InChI is InChI=1S/C12H13N3O3/c16-11(6-12(17)18)13-4-3-8-1-2-9-10(5-8)15-7-14-9/h1-2,5,7H,3-4,6H2,(H,13,16)(H,14,15)(H,17,18). The highest BCUT2D eigenvalue weighted by Crippen LogP contribution is 2.11. The fraction of sp³-hybridized carbons (Fsp3) is 0.250. The van der Waals surface area contributed by atoms with Gasteiger partial charge in [-0.1, -0.05) is 6.07 Å². The number of aliphatic carboxylic acids is 1. The molecule has 0 aliphatic carbocycles. The van der Waals surface area contributed by atoms with E-state index in [-0.39, 0.29) is 0 Å². The number of aromatic amines is 1. The lowest BCUT2D eigenvalue weighted by Crippen LogP contribution is -2.27. The third-order valence-corrected chi connectivity index (χ3v) is 2.53. The van der Waals surface area contributed by atoms with Crippen LogP contribution in [0.1, 0.15) is 12.0 Å². The SMILES string of the molecule is O=C(O)CC(=O)NCCc1ccc2nc[nH]c2c1. The van der Waals surface area contributed by atoms with Gasteiger partial charge in [-0.15, -0.1) is 0 Å². The number of carbonyl (C=O) groups excluding carboxylic acids is 1. The van der Waals surface area contributed by atoms with Crippen molar-refractivity contribution in [2.75, 3.05) is 6.54 Å².